The highest BCUT2D eigenvalue weighted by Crippen LogP contribution is 2.27. The van der Waals surface area contributed by atoms with Gasteiger partial charge in [0.05, 0.1) is 0 Å². The van der Waals surface area contributed by atoms with E-state index in [1.54, 1.807) is 0 Å². The Morgan fingerprint density at radius 2 is 2.13 bits per heavy atom. The molecular formula is C12H15ClN2. The molecule has 3 heteroatoms. The number of fused-ring (bicyclic) bond motifs is 1. The van der Waals surface area contributed by atoms with Crippen molar-refractivity contribution in [2.75, 3.05) is 0 Å². The van der Waals surface area contributed by atoms with Crippen LogP contribution in [0, 0.1) is 6.92 Å². The fourth-order valence-electron chi connectivity index (χ4n) is 2.17. The van der Waals surface area contributed by atoms with Gasteiger partial charge >= 0.3 is 0 Å². The zero-order chi connectivity index (χ0) is 11.0. The number of aromatic nitrogens is 1. The average molecular weight is 223 g/mol. The lowest BCUT2D eigenvalue weighted by Crippen LogP contribution is -2.06. The Kier molecular flexibility index (Phi) is 2.72. The van der Waals surface area contributed by atoms with Crippen LogP contribution in [-0.4, -0.2) is 4.57 Å². The van der Waals surface area contributed by atoms with Crippen LogP contribution in [0.5, 0.6) is 0 Å². The minimum Gasteiger partial charge on any atom is -0.343 e. The van der Waals surface area contributed by atoms with Crippen LogP contribution < -0.4 is 5.73 Å². The molecule has 2 aromatic rings. The summed E-state index contributed by atoms with van der Waals surface area (Å²) < 4.78 is 2.25. The number of hydrogen-bond acceptors (Lipinski definition) is 1. The molecule has 0 spiro atoms. The second kappa shape index (κ2) is 3.87. The number of nitrogens with two attached hydrogens (primary N) is 1. The molecule has 0 bridgehead atoms. The predicted octanol–water partition coefficient (Wildman–Crippen LogP) is 3.08. The van der Waals surface area contributed by atoms with Crippen LogP contribution in [0.2, 0.25) is 5.02 Å². The molecule has 1 aromatic carbocycles. The first-order valence-electron chi connectivity index (χ1n) is 5.16. The van der Waals surface area contributed by atoms with E-state index in [-0.39, 0.29) is 0 Å². The summed E-state index contributed by atoms with van der Waals surface area (Å²) in [5, 5.41) is 1.99. The van der Waals surface area contributed by atoms with Gasteiger partial charge in [-0.2, -0.15) is 0 Å². The molecule has 1 aromatic heterocycles. The van der Waals surface area contributed by atoms with E-state index in [1.165, 1.54) is 22.2 Å². The summed E-state index contributed by atoms with van der Waals surface area (Å²) in [5.74, 6) is 0. The van der Waals surface area contributed by atoms with Crippen LogP contribution in [0.1, 0.15) is 18.2 Å². The Morgan fingerprint density at radius 1 is 1.40 bits per heavy atom. The second-order valence-corrected chi connectivity index (χ2v) is 4.12. The normalized spacial score (nSPS) is 11.2. The van der Waals surface area contributed by atoms with Gasteiger partial charge in [0, 0.05) is 34.7 Å². The van der Waals surface area contributed by atoms with Crippen molar-refractivity contribution in [3.63, 3.8) is 0 Å². The molecule has 0 aliphatic rings. The Hall–Kier alpha value is -0.990. The molecule has 0 aliphatic heterocycles. The number of nitrogens with zero attached hydrogens (tertiary/aromatic N) is 1. The van der Waals surface area contributed by atoms with Crippen molar-refractivity contribution in [3.05, 3.63) is 34.5 Å². The van der Waals surface area contributed by atoms with Crippen LogP contribution in [-0.2, 0) is 13.1 Å². The molecule has 2 nitrogen and oxygen atoms in total. The van der Waals surface area contributed by atoms with Crippen LogP contribution in [0.15, 0.2) is 18.2 Å². The van der Waals surface area contributed by atoms with Crippen LogP contribution in [0.3, 0.4) is 0 Å². The fourth-order valence-corrected chi connectivity index (χ4v) is 2.34. The van der Waals surface area contributed by atoms with Gasteiger partial charge in [0.1, 0.15) is 0 Å². The van der Waals surface area contributed by atoms with E-state index in [1.807, 2.05) is 12.1 Å². The van der Waals surface area contributed by atoms with E-state index in [4.69, 9.17) is 17.3 Å². The quantitative estimate of drug-likeness (QED) is 0.832. The number of hydrogen-bond donors (Lipinski definition) is 1. The number of benzene rings is 1. The largest absolute Gasteiger partial charge is 0.343 e. The highest BCUT2D eigenvalue weighted by Gasteiger charge is 2.11. The van der Waals surface area contributed by atoms with Crippen LogP contribution in [0.25, 0.3) is 10.9 Å². The third-order valence-corrected chi connectivity index (χ3v) is 3.16. The second-order valence-electron chi connectivity index (χ2n) is 3.68. The van der Waals surface area contributed by atoms with Crippen LogP contribution >= 0.6 is 11.6 Å². The van der Waals surface area contributed by atoms with E-state index in [0.717, 1.165) is 11.6 Å². The summed E-state index contributed by atoms with van der Waals surface area (Å²) in [6, 6.07) is 6.00. The van der Waals surface area contributed by atoms with Gasteiger partial charge in [-0.05, 0) is 37.6 Å². The van der Waals surface area contributed by atoms with E-state index in [2.05, 4.69) is 24.5 Å². The smallest absolute Gasteiger partial charge is 0.0486 e. The zero-order valence-corrected chi connectivity index (χ0v) is 9.80. The average Bonchev–Trinajstić information content (AvgIpc) is 2.51. The molecule has 1 heterocycles. The minimum absolute atomic E-state index is 0.575. The van der Waals surface area contributed by atoms with E-state index in [0.29, 0.717) is 6.54 Å². The molecule has 0 unspecified atom stereocenters. The molecule has 0 aliphatic carbocycles. The molecule has 0 radical (unpaired) electrons. The van der Waals surface area contributed by atoms with Crippen molar-refractivity contribution in [3.8, 4) is 0 Å². The first-order valence-corrected chi connectivity index (χ1v) is 5.54. The van der Waals surface area contributed by atoms with Gasteiger partial charge in [0.15, 0.2) is 0 Å². The van der Waals surface area contributed by atoms with Gasteiger partial charge in [-0.15, -0.1) is 0 Å². The lowest BCUT2D eigenvalue weighted by Gasteiger charge is -2.05. The van der Waals surface area contributed by atoms with Crippen molar-refractivity contribution in [1.82, 2.24) is 4.57 Å². The third kappa shape index (κ3) is 1.54. The maximum absolute atomic E-state index is 6.00. The van der Waals surface area contributed by atoms with Crippen LogP contribution in [0.4, 0.5) is 0 Å². The van der Waals surface area contributed by atoms with E-state index in [9.17, 15) is 0 Å². The predicted molar refractivity (Wildman–Crippen MR) is 65.3 cm³/mol. The van der Waals surface area contributed by atoms with Crippen molar-refractivity contribution in [2.45, 2.75) is 26.9 Å². The number of rotatable bonds is 2. The Balaban J connectivity index is 2.84. The lowest BCUT2D eigenvalue weighted by molar-refractivity contribution is 0.734. The van der Waals surface area contributed by atoms with Gasteiger partial charge in [-0.3, -0.25) is 0 Å². The minimum atomic E-state index is 0.575. The van der Waals surface area contributed by atoms with Gasteiger partial charge < -0.3 is 10.3 Å². The van der Waals surface area contributed by atoms with Crippen molar-refractivity contribution >= 4 is 22.5 Å². The molecule has 0 amide bonds. The highest BCUT2D eigenvalue weighted by molar-refractivity contribution is 6.31. The summed E-state index contributed by atoms with van der Waals surface area (Å²) in [6.45, 7) is 5.75. The van der Waals surface area contributed by atoms with Crippen molar-refractivity contribution < 1.29 is 0 Å². The lowest BCUT2D eigenvalue weighted by atomic mass is 10.1. The van der Waals surface area contributed by atoms with Gasteiger partial charge in [-0.1, -0.05) is 11.6 Å². The highest BCUT2D eigenvalue weighted by atomic mass is 35.5. The maximum Gasteiger partial charge on any atom is 0.0486 e. The Labute approximate surface area is 94.6 Å². The van der Waals surface area contributed by atoms with E-state index < -0.39 is 0 Å². The number of halogens is 1. The SMILES string of the molecule is CCn1c(CN)c(C)c2cc(Cl)ccc21. The monoisotopic (exact) mass is 222 g/mol. The van der Waals surface area contributed by atoms with Crippen molar-refractivity contribution in [1.29, 1.82) is 0 Å². The van der Waals surface area contributed by atoms with E-state index >= 15 is 0 Å². The van der Waals surface area contributed by atoms with Gasteiger partial charge in [-0.25, -0.2) is 0 Å². The topological polar surface area (TPSA) is 30.9 Å². The first kappa shape index (κ1) is 10.5. The third-order valence-electron chi connectivity index (χ3n) is 2.92. The molecule has 0 saturated heterocycles. The van der Waals surface area contributed by atoms with Gasteiger partial charge in [0.25, 0.3) is 0 Å². The molecule has 0 saturated carbocycles. The molecule has 2 rings (SSSR count). The summed E-state index contributed by atoms with van der Waals surface area (Å²) in [4.78, 5) is 0. The Morgan fingerprint density at radius 3 is 2.73 bits per heavy atom. The molecular weight excluding hydrogens is 208 g/mol. The molecule has 80 valence electrons. The summed E-state index contributed by atoms with van der Waals surface area (Å²) in [6.07, 6.45) is 0. The molecule has 0 fully saturated rings. The molecule has 15 heavy (non-hydrogen) atoms. The Bertz CT molecular complexity index is 500. The fraction of sp³-hybridized carbons (Fsp3) is 0.333. The zero-order valence-electron chi connectivity index (χ0n) is 9.05. The first-order chi connectivity index (χ1) is 7.19. The molecule has 0 atom stereocenters. The molecule has 2 N–H and O–H groups in total. The van der Waals surface area contributed by atoms with Crippen molar-refractivity contribution in [2.24, 2.45) is 5.73 Å². The standard InChI is InChI=1S/C12H15ClN2/c1-3-15-11-5-4-9(13)6-10(11)8(2)12(15)7-14/h4-6H,3,7,14H2,1-2H3. The summed E-state index contributed by atoms with van der Waals surface area (Å²) >= 11 is 6.00. The van der Waals surface area contributed by atoms with Gasteiger partial charge in [0.2, 0.25) is 0 Å². The maximum atomic E-state index is 6.00. The summed E-state index contributed by atoms with van der Waals surface area (Å²) in [7, 11) is 0. The number of aryl methyl sites for hydroxylation is 2. The summed E-state index contributed by atoms with van der Waals surface area (Å²) in [5.41, 5.74) is 9.45.